The van der Waals surface area contributed by atoms with Crippen LogP contribution in [0, 0.1) is 11.7 Å². The molecule has 1 aliphatic heterocycles. The van der Waals surface area contributed by atoms with E-state index >= 15 is 0 Å². The first-order valence-electron chi connectivity index (χ1n) is 5.66. The minimum absolute atomic E-state index is 0.0174. The first kappa shape index (κ1) is 12.0. The van der Waals surface area contributed by atoms with Gasteiger partial charge in [0.05, 0.1) is 0 Å². The van der Waals surface area contributed by atoms with Crippen molar-refractivity contribution in [1.82, 2.24) is 0 Å². The van der Waals surface area contributed by atoms with Gasteiger partial charge in [0.15, 0.2) is 0 Å². The number of halogens is 1. The summed E-state index contributed by atoms with van der Waals surface area (Å²) >= 11 is 0. The molecule has 1 aromatic carbocycles. The largest absolute Gasteiger partial charge is 0.396 e. The number of nitrogens with zero attached hydrogens (tertiary/aromatic N) is 1. The summed E-state index contributed by atoms with van der Waals surface area (Å²) < 4.78 is 12.9. The second-order valence-electron chi connectivity index (χ2n) is 4.94. The smallest absolute Gasteiger partial charge is 0.227 e. The third-order valence-corrected chi connectivity index (χ3v) is 3.55. The van der Waals surface area contributed by atoms with Crippen LogP contribution in [0.1, 0.15) is 20.3 Å². The zero-order valence-electron chi connectivity index (χ0n) is 9.98. The average Bonchev–Trinajstić information content (AvgIpc) is 2.50. The highest BCUT2D eigenvalue weighted by Gasteiger charge is 2.46. The Morgan fingerprint density at radius 3 is 2.47 bits per heavy atom. The monoisotopic (exact) mass is 237 g/mol. The van der Waals surface area contributed by atoms with Gasteiger partial charge in [0.2, 0.25) is 5.91 Å². The lowest BCUT2D eigenvalue weighted by atomic mass is 9.89. The number of benzene rings is 1. The molecule has 0 bridgehead atoms. The van der Waals surface area contributed by atoms with Gasteiger partial charge in [-0.2, -0.15) is 0 Å². The molecule has 3 nitrogen and oxygen atoms in total. The van der Waals surface area contributed by atoms with Crippen LogP contribution in [0.5, 0.6) is 0 Å². The highest BCUT2D eigenvalue weighted by atomic mass is 19.1. The van der Waals surface area contributed by atoms with Crippen LogP contribution in [0.2, 0.25) is 0 Å². The van der Waals surface area contributed by atoms with Crippen molar-refractivity contribution in [3.8, 4) is 0 Å². The molecule has 1 fully saturated rings. The van der Waals surface area contributed by atoms with Crippen molar-refractivity contribution in [1.29, 1.82) is 0 Å². The molecule has 0 saturated carbocycles. The molecule has 1 heterocycles. The number of aliphatic hydroxyl groups is 1. The molecule has 1 aromatic rings. The van der Waals surface area contributed by atoms with Gasteiger partial charge in [-0.25, -0.2) is 4.39 Å². The van der Waals surface area contributed by atoms with Crippen LogP contribution in [-0.2, 0) is 4.79 Å². The first-order chi connectivity index (χ1) is 7.96. The standard InChI is InChI=1S/C13H16FNO2/c1-13(2)9(8-16)7-12(17)15(13)11-5-3-10(14)4-6-11/h3-6,9,16H,7-8H2,1-2H3. The normalized spacial score (nSPS) is 23.2. The maximum absolute atomic E-state index is 12.9. The number of carbonyl (C=O) groups is 1. The Morgan fingerprint density at radius 2 is 2.00 bits per heavy atom. The van der Waals surface area contributed by atoms with Gasteiger partial charge in [0.1, 0.15) is 5.82 Å². The summed E-state index contributed by atoms with van der Waals surface area (Å²) in [6.07, 6.45) is 0.334. The highest BCUT2D eigenvalue weighted by molar-refractivity contribution is 5.97. The SMILES string of the molecule is CC1(C)C(CO)CC(=O)N1c1ccc(F)cc1. The van der Waals surface area contributed by atoms with Crippen LogP contribution in [-0.4, -0.2) is 23.2 Å². The van der Waals surface area contributed by atoms with Gasteiger partial charge in [-0.1, -0.05) is 0 Å². The number of anilines is 1. The van der Waals surface area contributed by atoms with Crippen molar-refractivity contribution >= 4 is 11.6 Å². The highest BCUT2D eigenvalue weighted by Crippen LogP contribution is 2.38. The molecule has 2 rings (SSSR count). The predicted molar refractivity (Wildman–Crippen MR) is 63.2 cm³/mol. The van der Waals surface area contributed by atoms with E-state index in [1.165, 1.54) is 12.1 Å². The molecular weight excluding hydrogens is 221 g/mol. The molecule has 17 heavy (non-hydrogen) atoms. The van der Waals surface area contributed by atoms with E-state index in [0.29, 0.717) is 12.1 Å². The van der Waals surface area contributed by atoms with Crippen LogP contribution in [0.3, 0.4) is 0 Å². The van der Waals surface area contributed by atoms with Crippen LogP contribution in [0.15, 0.2) is 24.3 Å². The fraction of sp³-hybridized carbons (Fsp3) is 0.462. The van der Waals surface area contributed by atoms with E-state index in [1.54, 1.807) is 17.0 Å². The summed E-state index contributed by atoms with van der Waals surface area (Å²) in [6, 6.07) is 5.86. The lowest BCUT2D eigenvalue weighted by molar-refractivity contribution is -0.117. The van der Waals surface area contributed by atoms with E-state index in [4.69, 9.17) is 0 Å². The summed E-state index contributed by atoms with van der Waals surface area (Å²) in [5.41, 5.74) is 0.237. The van der Waals surface area contributed by atoms with E-state index in [-0.39, 0.29) is 24.2 Å². The molecule has 1 unspecified atom stereocenters. The summed E-state index contributed by atoms with van der Waals surface area (Å²) in [5.74, 6) is -0.433. The Balaban J connectivity index is 2.37. The molecule has 1 atom stereocenters. The molecule has 1 aliphatic rings. The third-order valence-electron chi connectivity index (χ3n) is 3.55. The van der Waals surface area contributed by atoms with Gasteiger partial charge in [0.25, 0.3) is 0 Å². The number of hydrogen-bond donors (Lipinski definition) is 1. The summed E-state index contributed by atoms with van der Waals surface area (Å²) in [4.78, 5) is 13.6. The van der Waals surface area contributed by atoms with Gasteiger partial charge in [-0.3, -0.25) is 4.79 Å². The number of carbonyl (C=O) groups excluding carboxylic acids is 1. The Morgan fingerprint density at radius 1 is 1.41 bits per heavy atom. The van der Waals surface area contributed by atoms with Crippen LogP contribution in [0.25, 0.3) is 0 Å². The summed E-state index contributed by atoms with van der Waals surface area (Å²) in [7, 11) is 0. The second-order valence-corrected chi connectivity index (χ2v) is 4.94. The van der Waals surface area contributed by atoms with E-state index in [9.17, 15) is 14.3 Å². The zero-order chi connectivity index (χ0) is 12.6. The Bertz CT molecular complexity index is 428. The van der Waals surface area contributed by atoms with Crippen molar-refractivity contribution in [3.63, 3.8) is 0 Å². The quantitative estimate of drug-likeness (QED) is 0.854. The summed E-state index contributed by atoms with van der Waals surface area (Å²) in [5, 5.41) is 9.29. The van der Waals surface area contributed by atoms with Crippen molar-refractivity contribution in [2.75, 3.05) is 11.5 Å². The third kappa shape index (κ3) is 1.93. The van der Waals surface area contributed by atoms with Crippen molar-refractivity contribution in [2.45, 2.75) is 25.8 Å². The number of amides is 1. The minimum Gasteiger partial charge on any atom is -0.396 e. The summed E-state index contributed by atoms with van der Waals surface area (Å²) in [6.45, 7) is 3.82. The van der Waals surface area contributed by atoms with Gasteiger partial charge >= 0.3 is 0 Å². The lowest BCUT2D eigenvalue weighted by Gasteiger charge is -2.35. The van der Waals surface area contributed by atoms with Gasteiger partial charge in [0, 0.05) is 30.2 Å². The Hall–Kier alpha value is -1.42. The minimum atomic E-state index is -0.441. The van der Waals surface area contributed by atoms with Gasteiger partial charge < -0.3 is 10.0 Å². The fourth-order valence-corrected chi connectivity index (χ4v) is 2.41. The molecular formula is C13H16FNO2. The van der Waals surface area contributed by atoms with E-state index < -0.39 is 5.54 Å². The van der Waals surface area contributed by atoms with E-state index in [1.807, 2.05) is 13.8 Å². The molecule has 0 radical (unpaired) electrons. The number of hydrogen-bond acceptors (Lipinski definition) is 2. The van der Waals surface area contributed by atoms with Crippen LogP contribution in [0.4, 0.5) is 10.1 Å². The maximum Gasteiger partial charge on any atom is 0.227 e. The molecule has 1 amide bonds. The molecule has 1 N–H and O–H groups in total. The zero-order valence-corrected chi connectivity index (χ0v) is 9.98. The molecule has 1 saturated heterocycles. The Kier molecular flexibility index (Phi) is 2.91. The molecule has 0 spiro atoms. The number of aliphatic hydroxyl groups excluding tert-OH is 1. The van der Waals surface area contributed by atoms with E-state index in [0.717, 1.165) is 0 Å². The maximum atomic E-state index is 12.9. The molecule has 0 aliphatic carbocycles. The predicted octanol–water partition coefficient (Wildman–Crippen LogP) is 1.95. The lowest BCUT2D eigenvalue weighted by Crippen LogP contribution is -2.45. The van der Waals surface area contributed by atoms with Gasteiger partial charge in [-0.05, 0) is 38.1 Å². The molecule has 4 heteroatoms. The van der Waals surface area contributed by atoms with Crippen molar-refractivity contribution in [2.24, 2.45) is 5.92 Å². The topological polar surface area (TPSA) is 40.5 Å². The number of rotatable bonds is 2. The van der Waals surface area contributed by atoms with Gasteiger partial charge in [-0.15, -0.1) is 0 Å². The van der Waals surface area contributed by atoms with E-state index in [2.05, 4.69) is 0 Å². The van der Waals surface area contributed by atoms with Crippen molar-refractivity contribution in [3.05, 3.63) is 30.1 Å². The fourth-order valence-electron chi connectivity index (χ4n) is 2.41. The Labute approximate surface area is 99.9 Å². The first-order valence-corrected chi connectivity index (χ1v) is 5.66. The van der Waals surface area contributed by atoms with Crippen molar-refractivity contribution < 1.29 is 14.3 Å². The second kappa shape index (κ2) is 4.11. The average molecular weight is 237 g/mol. The molecule has 92 valence electrons. The van der Waals surface area contributed by atoms with Crippen LogP contribution < -0.4 is 4.90 Å². The van der Waals surface area contributed by atoms with Crippen LogP contribution >= 0.6 is 0 Å². The molecule has 0 aromatic heterocycles.